The largest absolute Gasteiger partial charge is 0.341 e. The fourth-order valence-corrected chi connectivity index (χ4v) is 1.65. The van der Waals surface area contributed by atoms with Gasteiger partial charge in [0.25, 0.3) is 0 Å². The van der Waals surface area contributed by atoms with Crippen molar-refractivity contribution in [3.8, 4) is 0 Å². The van der Waals surface area contributed by atoms with E-state index in [0.29, 0.717) is 11.1 Å². The average Bonchev–Trinajstić information content (AvgIpc) is 2.59. The van der Waals surface area contributed by atoms with Crippen LogP contribution >= 0.6 is 11.6 Å². The third-order valence-electron chi connectivity index (χ3n) is 2.19. The molecule has 4 heteroatoms. The monoisotopic (exact) mass is 223 g/mol. The third-order valence-corrected chi connectivity index (χ3v) is 2.50. The molecule has 0 amide bonds. The number of nitrogens with zero attached hydrogens (tertiary/aromatic N) is 1. The van der Waals surface area contributed by atoms with Crippen molar-refractivity contribution in [3.05, 3.63) is 29.0 Å². The van der Waals surface area contributed by atoms with Gasteiger partial charge in [0.15, 0.2) is 0 Å². The summed E-state index contributed by atoms with van der Waals surface area (Å²) in [6.45, 7) is 4.95. The van der Waals surface area contributed by atoms with Gasteiger partial charge in [-0.15, -0.1) is 0 Å². The van der Waals surface area contributed by atoms with Gasteiger partial charge in [0, 0.05) is 6.04 Å². The maximum absolute atomic E-state index is 6.03. The third kappa shape index (κ3) is 2.30. The van der Waals surface area contributed by atoms with E-state index in [4.69, 9.17) is 11.6 Å². The summed E-state index contributed by atoms with van der Waals surface area (Å²) in [4.78, 5) is 7.67. The SMILES string of the molecule is CC(C)NCc1nc2c(Cl)cccc2[nH]1. The number of aromatic amines is 1. The topological polar surface area (TPSA) is 40.7 Å². The number of para-hydroxylation sites is 1. The molecule has 80 valence electrons. The van der Waals surface area contributed by atoms with Gasteiger partial charge in [-0.3, -0.25) is 0 Å². The first kappa shape index (κ1) is 10.5. The minimum absolute atomic E-state index is 0.452. The molecule has 1 aromatic carbocycles. The maximum atomic E-state index is 6.03. The minimum atomic E-state index is 0.452. The number of aromatic nitrogens is 2. The number of H-pyrrole nitrogens is 1. The van der Waals surface area contributed by atoms with Gasteiger partial charge in [-0.25, -0.2) is 4.98 Å². The van der Waals surface area contributed by atoms with Gasteiger partial charge >= 0.3 is 0 Å². The van der Waals surface area contributed by atoms with Crippen molar-refractivity contribution in [2.24, 2.45) is 0 Å². The summed E-state index contributed by atoms with van der Waals surface area (Å²) in [5, 5.41) is 4.00. The van der Waals surface area contributed by atoms with Gasteiger partial charge in [-0.2, -0.15) is 0 Å². The molecule has 0 saturated carbocycles. The Balaban J connectivity index is 2.27. The molecular weight excluding hydrogens is 210 g/mol. The Morgan fingerprint density at radius 2 is 2.27 bits per heavy atom. The Hall–Kier alpha value is -1.06. The van der Waals surface area contributed by atoms with E-state index in [0.717, 1.165) is 23.4 Å². The van der Waals surface area contributed by atoms with Crippen LogP contribution in [0.4, 0.5) is 0 Å². The predicted octanol–water partition coefficient (Wildman–Crippen LogP) is 2.71. The molecule has 3 nitrogen and oxygen atoms in total. The summed E-state index contributed by atoms with van der Waals surface area (Å²) in [5.41, 5.74) is 1.84. The highest BCUT2D eigenvalue weighted by Gasteiger charge is 2.05. The van der Waals surface area contributed by atoms with E-state index in [1.165, 1.54) is 0 Å². The van der Waals surface area contributed by atoms with Gasteiger partial charge in [-0.1, -0.05) is 31.5 Å². The first-order valence-corrected chi connectivity index (χ1v) is 5.41. The predicted molar refractivity (Wildman–Crippen MR) is 63.1 cm³/mol. The molecule has 0 aliphatic rings. The zero-order valence-electron chi connectivity index (χ0n) is 8.84. The Morgan fingerprint density at radius 1 is 1.47 bits per heavy atom. The highest BCUT2D eigenvalue weighted by atomic mass is 35.5. The molecule has 1 aromatic heterocycles. The molecule has 2 rings (SSSR count). The second-order valence-corrected chi connectivity index (χ2v) is 4.26. The molecule has 0 bridgehead atoms. The van der Waals surface area contributed by atoms with Crippen molar-refractivity contribution < 1.29 is 0 Å². The smallest absolute Gasteiger partial charge is 0.121 e. The molecule has 0 spiro atoms. The van der Waals surface area contributed by atoms with E-state index in [-0.39, 0.29) is 0 Å². The summed E-state index contributed by atoms with van der Waals surface area (Å²) < 4.78 is 0. The lowest BCUT2D eigenvalue weighted by molar-refractivity contribution is 0.576. The summed E-state index contributed by atoms with van der Waals surface area (Å²) in [5.74, 6) is 0.923. The lowest BCUT2D eigenvalue weighted by Gasteiger charge is -2.04. The zero-order valence-corrected chi connectivity index (χ0v) is 9.60. The van der Waals surface area contributed by atoms with Crippen LogP contribution in [0.3, 0.4) is 0 Å². The van der Waals surface area contributed by atoms with E-state index in [1.807, 2.05) is 18.2 Å². The maximum Gasteiger partial charge on any atom is 0.121 e. The number of hydrogen-bond acceptors (Lipinski definition) is 2. The number of imidazole rings is 1. The number of rotatable bonds is 3. The number of nitrogens with one attached hydrogen (secondary N) is 2. The molecular formula is C11H14ClN3. The van der Waals surface area contributed by atoms with Crippen LogP contribution in [-0.4, -0.2) is 16.0 Å². The normalized spacial score (nSPS) is 11.5. The van der Waals surface area contributed by atoms with Crippen LogP contribution < -0.4 is 5.32 Å². The standard InChI is InChI=1S/C11H14ClN3/c1-7(2)13-6-10-14-9-5-3-4-8(12)11(9)15-10/h3-5,7,13H,6H2,1-2H3,(H,14,15). The Bertz CT molecular complexity index is 462. The number of fused-ring (bicyclic) bond motifs is 1. The first-order chi connectivity index (χ1) is 7.16. The second-order valence-electron chi connectivity index (χ2n) is 3.86. The van der Waals surface area contributed by atoms with Gasteiger partial charge < -0.3 is 10.3 Å². The van der Waals surface area contributed by atoms with Crippen molar-refractivity contribution in [1.82, 2.24) is 15.3 Å². The summed E-state index contributed by atoms with van der Waals surface area (Å²) >= 11 is 6.03. The Morgan fingerprint density at radius 3 is 2.93 bits per heavy atom. The van der Waals surface area contributed by atoms with E-state index < -0.39 is 0 Å². The van der Waals surface area contributed by atoms with Gasteiger partial charge in [0.2, 0.25) is 0 Å². The van der Waals surface area contributed by atoms with Gasteiger partial charge in [0.05, 0.1) is 17.1 Å². The zero-order chi connectivity index (χ0) is 10.8. The summed E-state index contributed by atoms with van der Waals surface area (Å²) in [6.07, 6.45) is 0. The molecule has 2 N–H and O–H groups in total. The first-order valence-electron chi connectivity index (χ1n) is 5.03. The second kappa shape index (κ2) is 4.21. The molecule has 0 aliphatic carbocycles. The Kier molecular flexibility index (Phi) is 2.93. The van der Waals surface area contributed by atoms with E-state index in [9.17, 15) is 0 Å². The highest BCUT2D eigenvalue weighted by Crippen LogP contribution is 2.20. The van der Waals surface area contributed by atoms with Crippen LogP contribution in [0, 0.1) is 0 Å². The highest BCUT2D eigenvalue weighted by molar-refractivity contribution is 6.34. The van der Waals surface area contributed by atoms with Gasteiger partial charge in [0.1, 0.15) is 11.3 Å². The van der Waals surface area contributed by atoms with E-state index in [1.54, 1.807) is 0 Å². The molecule has 0 atom stereocenters. The van der Waals surface area contributed by atoms with Crippen LogP contribution in [-0.2, 0) is 6.54 Å². The number of halogens is 1. The van der Waals surface area contributed by atoms with Crippen LogP contribution in [0.1, 0.15) is 19.7 Å². The van der Waals surface area contributed by atoms with Crippen molar-refractivity contribution in [1.29, 1.82) is 0 Å². The van der Waals surface area contributed by atoms with Crippen molar-refractivity contribution in [2.75, 3.05) is 0 Å². The quantitative estimate of drug-likeness (QED) is 0.840. The molecule has 0 radical (unpaired) electrons. The lowest BCUT2D eigenvalue weighted by Crippen LogP contribution is -2.22. The van der Waals surface area contributed by atoms with Crippen LogP contribution in [0.2, 0.25) is 5.02 Å². The summed E-state index contributed by atoms with van der Waals surface area (Å²) in [6, 6.07) is 6.20. The lowest BCUT2D eigenvalue weighted by atomic mass is 10.3. The molecule has 2 aromatic rings. The van der Waals surface area contributed by atoms with Gasteiger partial charge in [-0.05, 0) is 12.1 Å². The molecule has 0 fully saturated rings. The average molecular weight is 224 g/mol. The van der Waals surface area contributed by atoms with Crippen LogP contribution in [0.15, 0.2) is 18.2 Å². The fraction of sp³-hybridized carbons (Fsp3) is 0.364. The molecule has 15 heavy (non-hydrogen) atoms. The van der Waals surface area contributed by atoms with Crippen LogP contribution in [0.25, 0.3) is 11.0 Å². The Labute approximate surface area is 93.9 Å². The van der Waals surface area contributed by atoms with E-state index in [2.05, 4.69) is 29.1 Å². The molecule has 0 unspecified atom stereocenters. The van der Waals surface area contributed by atoms with E-state index >= 15 is 0 Å². The number of hydrogen-bond donors (Lipinski definition) is 2. The van der Waals surface area contributed by atoms with Crippen molar-refractivity contribution in [2.45, 2.75) is 26.4 Å². The molecule has 0 saturated heterocycles. The van der Waals surface area contributed by atoms with Crippen molar-refractivity contribution >= 4 is 22.6 Å². The fourth-order valence-electron chi connectivity index (χ4n) is 1.43. The summed E-state index contributed by atoms with van der Waals surface area (Å²) in [7, 11) is 0. The molecule has 0 aliphatic heterocycles. The minimum Gasteiger partial charge on any atom is -0.341 e. The van der Waals surface area contributed by atoms with Crippen LogP contribution in [0.5, 0.6) is 0 Å². The molecule has 1 heterocycles. The van der Waals surface area contributed by atoms with Crippen molar-refractivity contribution in [3.63, 3.8) is 0 Å². The number of benzene rings is 1.